The van der Waals surface area contributed by atoms with Crippen LogP contribution in [0.3, 0.4) is 0 Å². The van der Waals surface area contributed by atoms with Crippen LogP contribution in [-0.4, -0.2) is 50.7 Å². The molecule has 15 heavy (non-hydrogen) atoms. The van der Waals surface area contributed by atoms with E-state index in [1.165, 1.54) is 0 Å². The summed E-state index contributed by atoms with van der Waals surface area (Å²) in [6.45, 7) is 8.28. The Kier molecular flexibility index (Phi) is 7.34. The maximum Gasteiger partial charge on any atom is 0.237 e. The number of nitrogens with one attached hydrogen (secondary N) is 1. The number of nitrogens with zero attached hydrogens (tertiary/aromatic N) is 1. The summed E-state index contributed by atoms with van der Waals surface area (Å²) in [5.74, 6) is 0.638. The Morgan fingerprint density at radius 3 is 2.47 bits per heavy atom. The van der Waals surface area contributed by atoms with Gasteiger partial charge in [-0.2, -0.15) is 0 Å². The topological polar surface area (TPSA) is 41.6 Å². The molecule has 4 heteroatoms. The predicted molar refractivity (Wildman–Crippen MR) is 61.8 cm³/mol. The normalized spacial score (nSPS) is 13.3. The zero-order valence-corrected chi connectivity index (χ0v) is 10.5. The van der Waals surface area contributed by atoms with Crippen LogP contribution in [0.4, 0.5) is 0 Å². The molecule has 0 aliphatic rings. The molecule has 0 spiro atoms. The Morgan fingerprint density at radius 2 is 2.00 bits per heavy atom. The van der Waals surface area contributed by atoms with Crippen molar-refractivity contribution < 1.29 is 9.53 Å². The van der Waals surface area contributed by atoms with Crippen LogP contribution in [0.15, 0.2) is 0 Å². The molecule has 0 aliphatic heterocycles. The van der Waals surface area contributed by atoms with E-state index < -0.39 is 0 Å². The van der Waals surface area contributed by atoms with Gasteiger partial charge in [0, 0.05) is 20.2 Å². The van der Waals surface area contributed by atoms with Crippen LogP contribution in [-0.2, 0) is 9.53 Å². The van der Waals surface area contributed by atoms with E-state index in [0.717, 1.165) is 6.54 Å². The first-order valence-corrected chi connectivity index (χ1v) is 5.46. The summed E-state index contributed by atoms with van der Waals surface area (Å²) in [7, 11) is 3.60. The van der Waals surface area contributed by atoms with Gasteiger partial charge >= 0.3 is 0 Å². The van der Waals surface area contributed by atoms with Crippen LogP contribution in [0.25, 0.3) is 0 Å². The SMILES string of the molecule is COCCNC(=O)C(C)N(C)CC(C)C. The number of carbonyl (C=O) groups is 1. The fourth-order valence-corrected chi connectivity index (χ4v) is 1.36. The number of rotatable bonds is 7. The first-order valence-electron chi connectivity index (χ1n) is 5.46. The van der Waals surface area contributed by atoms with Crippen LogP contribution in [0, 0.1) is 5.92 Å². The first-order chi connectivity index (χ1) is 6.99. The summed E-state index contributed by atoms with van der Waals surface area (Å²) in [5.41, 5.74) is 0. The summed E-state index contributed by atoms with van der Waals surface area (Å²) in [4.78, 5) is 13.7. The zero-order chi connectivity index (χ0) is 11.8. The predicted octanol–water partition coefficient (Wildman–Crippen LogP) is 0.725. The lowest BCUT2D eigenvalue weighted by molar-refractivity contribution is -0.125. The second-order valence-electron chi connectivity index (χ2n) is 4.29. The lowest BCUT2D eigenvalue weighted by atomic mass is 10.2. The molecule has 0 saturated carbocycles. The third-order valence-electron chi connectivity index (χ3n) is 2.30. The molecule has 0 aromatic heterocycles. The maximum absolute atomic E-state index is 11.6. The van der Waals surface area contributed by atoms with Crippen molar-refractivity contribution in [2.45, 2.75) is 26.8 Å². The Balaban J connectivity index is 3.85. The molecule has 1 unspecified atom stereocenters. The van der Waals surface area contributed by atoms with Crippen molar-refractivity contribution in [3.05, 3.63) is 0 Å². The number of carbonyl (C=O) groups excluding carboxylic acids is 1. The van der Waals surface area contributed by atoms with Gasteiger partial charge < -0.3 is 10.1 Å². The molecule has 0 heterocycles. The van der Waals surface area contributed by atoms with Crippen LogP contribution in [0.2, 0.25) is 0 Å². The number of amides is 1. The Hall–Kier alpha value is -0.610. The van der Waals surface area contributed by atoms with Crippen molar-refractivity contribution in [3.63, 3.8) is 0 Å². The minimum atomic E-state index is -0.0794. The quantitative estimate of drug-likeness (QED) is 0.638. The molecule has 1 amide bonds. The van der Waals surface area contributed by atoms with Gasteiger partial charge in [-0.25, -0.2) is 0 Å². The van der Waals surface area contributed by atoms with Crippen molar-refractivity contribution in [2.75, 3.05) is 33.9 Å². The van der Waals surface area contributed by atoms with E-state index in [0.29, 0.717) is 19.1 Å². The van der Waals surface area contributed by atoms with Crippen molar-refractivity contribution in [3.8, 4) is 0 Å². The van der Waals surface area contributed by atoms with Gasteiger partial charge in [0.25, 0.3) is 0 Å². The zero-order valence-electron chi connectivity index (χ0n) is 10.5. The van der Waals surface area contributed by atoms with Gasteiger partial charge in [0.1, 0.15) is 0 Å². The van der Waals surface area contributed by atoms with Crippen molar-refractivity contribution in [1.29, 1.82) is 0 Å². The van der Waals surface area contributed by atoms with Crippen LogP contribution < -0.4 is 5.32 Å². The van der Waals surface area contributed by atoms with E-state index in [-0.39, 0.29) is 11.9 Å². The van der Waals surface area contributed by atoms with E-state index in [1.54, 1.807) is 7.11 Å². The molecule has 0 radical (unpaired) electrons. The Bertz CT molecular complexity index is 183. The molecule has 0 aromatic rings. The van der Waals surface area contributed by atoms with Crippen LogP contribution in [0.5, 0.6) is 0 Å². The summed E-state index contributed by atoms with van der Waals surface area (Å²) < 4.78 is 4.87. The largest absolute Gasteiger partial charge is 0.383 e. The van der Waals surface area contributed by atoms with E-state index in [1.807, 2.05) is 14.0 Å². The van der Waals surface area contributed by atoms with Crippen LogP contribution in [0.1, 0.15) is 20.8 Å². The summed E-state index contributed by atoms with van der Waals surface area (Å²) in [5, 5.41) is 2.83. The van der Waals surface area contributed by atoms with E-state index in [9.17, 15) is 4.79 Å². The molecular formula is C11H24N2O2. The molecule has 0 saturated heterocycles. The second kappa shape index (κ2) is 7.65. The lowest BCUT2D eigenvalue weighted by Crippen LogP contribution is -2.45. The number of likely N-dealkylation sites (N-methyl/N-ethyl adjacent to an activating group) is 1. The molecule has 1 atom stereocenters. The minimum absolute atomic E-state index is 0.0650. The third-order valence-corrected chi connectivity index (χ3v) is 2.30. The first kappa shape index (κ1) is 14.4. The van der Waals surface area contributed by atoms with Gasteiger partial charge in [0.2, 0.25) is 5.91 Å². The number of hydrogen-bond acceptors (Lipinski definition) is 3. The maximum atomic E-state index is 11.6. The van der Waals surface area contributed by atoms with E-state index in [2.05, 4.69) is 24.1 Å². The van der Waals surface area contributed by atoms with Gasteiger partial charge in [-0.3, -0.25) is 9.69 Å². The van der Waals surface area contributed by atoms with Gasteiger partial charge in [-0.1, -0.05) is 13.8 Å². The summed E-state index contributed by atoms with van der Waals surface area (Å²) in [6, 6.07) is -0.0794. The molecule has 0 rings (SSSR count). The van der Waals surface area contributed by atoms with Gasteiger partial charge in [-0.15, -0.1) is 0 Å². The van der Waals surface area contributed by atoms with Gasteiger partial charge in [-0.05, 0) is 19.9 Å². The third kappa shape index (κ3) is 6.47. The molecular weight excluding hydrogens is 192 g/mol. The Labute approximate surface area is 93.0 Å². The molecule has 0 fully saturated rings. The number of methoxy groups -OCH3 is 1. The fourth-order valence-electron chi connectivity index (χ4n) is 1.36. The molecule has 0 aromatic carbocycles. The second-order valence-corrected chi connectivity index (χ2v) is 4.29. The number of ether oxygens (including phenoxy) is 1. The minimum Gasteiger partial charge on any atom is -0.383 e. The fraction of sp³-hybridized carbons (Fsp3) is 0.909. The average Bonchev–Trinajstić information content (AvgIpc) is 2.15. The smallest absolute Gasteiger partial charge is 0.237 e. The summed E-state index contributed by atoms with van der Waals surface area (Å²) >= 11 is 0. The lowest BCUT2D eigenvalue weighted by Gasteiger charge is -2.25. The van der Waals surface area contributed by atoms with Crippen molar-refractivity contribution in [2.24, 2.45) is 5.92 Å². The monoisotopic (exact) mass is 216 g/mol. The van der Waals surface area contributed by atoms with Gasteiger partial charge in [0.05, 0.1) is 12.6 Å². The molecule has 4 nitrogen and oxygen atoms in total. The molecule has 1 N–H and O–H groups in total. The van der Waals surface area contributed by atoms with Crippen LogP contribution >= 0.6 is 0 Å². The average molecular weight is 216 g/mol. The number of hydrogen-bond donors (Lipinski definition) is 1. The van der Waals surface area contributed by atoms with E-state index in [4.69, 9.17) is 4.74 Å². The molecule has 0 aliphatic carbocycles. The highest BCUT2D eigenvalue weighted by molar-refractivity contribution is 5.81. The van der Waals surface area contributed by atoms with Crippen molar-refractivity contribution in [1.82, 2.24) is 10.2 Å². The highest BCUT2D eigenvalue weighted by Gasteiger charge is 2.17. The molecule has 90 valence electrons. The Morgan fingerprint density at radius 1 is 1.40 bits per heavy atom. The highest BCUT2D eigenvalue weighted by Crippen LogP contribution is 2.01. The van der Waals surface area contributed by atoms with Gasteiger partial charge in [0.15, 0.2) is 0 Å². The van der Waals surface area contributed by atoms with Crippen molar-refractivity contribution >= 4 is 5.91 Å². The summed E-state index contributed by atoms with van der Waals surface area (Å²) in [6.07, 6.45) is 0. The standard InChI is InChI=1S/C11H24N2O2/c1-9(2)8-13(4)10(3)11(14)12-6-7-15-5/h9-10H,6-8H2,1-5H3,(H,12,14). The van der Waals surface area contributed by atoms with E-state index >= 15 is 0 Å². The highest BCUT2D eigenvalue weighted by atomic mass is 16.5. The molecule has 0 bridgehead atoms.